The van der Waals surface area contributed by atoms with Crippen molar-refractivity contribution in [3.8, 4) is 23.3 Å². The van der Waals surface area contributed by atoms with Crippen LogP contribution in [0.25, 0.3) is 0 Å². The van der Waals surface area contributed by atoms with Crippen molar-refractivity contribution in [2.45, 2.75) is 19.5 Å². The number of unbranched alkanes of at least 4 members (excludes halogenated alkanes) is 1. The lowest BCUT2D eigenvalue weighted by molar-refractivity contribution is -0.0515. The standard InChI is InChI=1S/C19H18F2N2O4/c1-25-16-9-5-8-15(17(16)27-19(20)21)18(24)23-13-6-4-7-14(12-13)26-11-3-2-10-22/h4-9,12,19H,2-3,11H2,1H3,(H,23,24). The molecule has 1 N–H and O–H groups in total. The number of ether oxygens (including phenoxy) is 3. The zero-order chi connectivity index (χ0) is 19.6. The van der Waals surface area contributed by atoms with Gasteiger partial charge in [-0.3, -0.25) is 4.79 Å². The number of nitrogens with zero attached hydrogens (tertiary/aromatic N) is 1. The van der Waals surface area contributed by atoms with Crippen LogP contribution in [0.15, 0.2) is 42.5 Å². The lowest BCUT2D eigenvalue weighted by Gasteiger charge is -2.14. The highest BCUT2D eigenvalue weighted by atomic mass is 19.3. The maximum Gasteiger partial charge on any atom is 0.387 e. The third kappa shape index (κ3) is 5.85. The molecular weight excluding hydrogens is 358 g/mol. The van der Waals surface area contributed by atoms with Crippen molar-refractivity contribution < 1.29 is 27.8 Å². The minimum absolute atomic E-state index is 0.0255. The van der Waals surface area contributed by atoms with Crippen LogP contribution in [0.5, 0.6) is 17.2 Å². The second kappa shape index (κ2) is 9.97. The molecule has 1 amide bonds. The number of para-hydroxylation sites is 1. The average molecular weight is 376 g/mol. The van der Waals surface area contributed by atoms with Gasteiger partial charge in [0, 0.05) is 18.2 Å². The first kappa shape index (κ1) is 20.0. The molecule has 8 heteroatoms. The first-order valence-corrected chi connectivity index (χ1v) is 8.08. The lowest BCUT2D eigenvalue weighted by Crippen LogP contribution is -2.15. The Morgan fingerprint density at radius 1 is 1.26 bits per heavy atom. The van der Waals surface area contributed by atoms with E-state index in [2.05, 4.69) is 10.1 Å². The smallest absolute Gasteiger partial charge is 0.387 e. The summed E-state index contributed by atoms with van der Waals surface area (Å²) in [4.78, 5) is 12.5. The number of hydrogen-bond donors (Lipinski definition) is 1. The molecule has 0 spiro atoms. The summed E-state index contributed by atoms with van der Waals surface area (Å²) < 4.78 is 40.3. The Kier molecular flexibility index (Phi) is 7.37. The van der Waals surface area contributed by atoms with Crippen LogP contribution in [-0.4, -0.2) is 26.2 Å². The first-order valence-electron chi connectivity index (χ1n) is 8.08. The minimum Gasteiger partial charge on any atom is -0.493 e. The normalized spacial score (nSPS) is 10.2. The van der Waals surface area contributed by atoms with Gasteiger partial charge in [-0.05, 0) is 30.7 Å². The molecule has 0 aliphatic heterocycles. The van der Waals surface area contributed by atoms with E-state index >= 15 is 0 Å². The molecule has 27 heavy (non-hydrogen) atoms. The van der Waals surface area contributed by atoms with Gasteiger partial charge in [-0.25, -0.2) is 0 Å². The fraction of sp³-hybridized carbons (Fsp3) is 0.263. The van der Waals surface area contributed by atoms with Gasteiger partial charge in [0.25, 0.3) is 5.91 Å². The van der Waals surface area contributed by atoms with E-state index in [-0.39, 0.29) is 17.1 Å². The Morgan fingerprint density at radius 3 is 2.74 bits per heavy atom. The summed E-state index contributed by atoms with van der Waals surface area (Å²) in [7, 11) is 1.29. The highest BCUT2D eigenvalue weighted by Crippen LogP contribution is 2.33. The highest BCUT2D eigenvalue weighted by Gasteiger charge is 2.20. The number of methoxy groups -OCH3 is 1. The van der Waals surface area contributed by atoms with Crippen LogP contribution < -0.4 is 19.5 Å². The number of carbonyl (C=O) groups excluding carboxylic acids is 1. The number of hydrogen-bond acceptors (Lipinski definition) is 5. The third-order valence-corrected chi connectivity index (χ3v) is 3.44. The largest absolute Gasteiger partial charge is 0.493 e. The summed E-state index contributed by atoms with van der Waals surface area (Å²) in [6, 6.07) is 12.9. The molecule has 6 nitrogen and oxygen atoms in total. The summed E-state index contributed by atoms with van der Waals surface area (Å²) in [6.45, 7) is -2.73. The third-order valence-electron chi connectivity index (χ3n) is 3.44. The van der Waals surface area contributed by atoms with Crippen LogP contribution >= 0.6 is 0 Å². The van der Waals surface area contributed by atoms with E-state index in [4.69, 9.17) is 14.7 Å². The van der Waals surface area contributed by atoms with Crippen LogP contribution in [0.1, 0.15) is 23.2 Å². The van der Waals surface area contributed by atoms with Crippen molar-refractivity contribution in [3.63, 3.8) is 0 Å². The van der Waals surface area contributed by atoms with Crippen molar-refractivity contribution in [2.75, 3.05) is 19.0 Å². The number of carbonyl (C=O) groups is 1. The number of nitrogens with one attached hydrogen (secondary N) is 1. The van der Waals surface area contributed by atoms with E-state index in [1.165, 1.54) is 25.3 Å². The Labute approximate surface area is 155 Å². The van der Waals surface area contributed by atoms with E-state index in [1.807, 2.05) is 6.07 Å². The number of alkyl halides is 2. The monoisotopic (exact) mass is 376 g/mol. The molecule has 2 aromatic carbocycles. The predicted octanol–water partition coefficient (Wildman–Crippen LogP) is 4.23. The van der Waals surface area contributed by atoms with Crippen LogP contribution in [0.4, 0.5) is 14.5 Å². The lowest BCUT2D eigenvalue weighted by atomic mass is 10.1. The van der Waals surface area contributed by atoms with Crippen LogP contribution in [0.2, 0.25) is 0 Å². The van der Waals surface area contributed by atoms with Crippen LogP contribution in [0.3, 0.4) is 0 Å². The van der Waals surface area contributed by atoms with Gasteiger partial charge in [0.1, 0.15) is 5.75 Å². The predicted molar refractivity (Wildman–Crippen MR) is 94.4 cm³/mol. The molecule has 0 aliphatic carbocycles. The Balaban J connectivity index is 2.14. The van der Waals surface area contributed by atoms with Gasteiger partial charge in [0.15, 0.2) is 11.5 Å². The minimum atomic E-state index is -3.10. The molecule has 2 rings (SSSR count). The number of anilines is 1. The van der Waals surface area contributed by atoms with Crippen LogP contribution in [-0.2, 0) is 0 Å². The molecule has 0 bridgehead atoms. The molecule has 0 unspecified atom stereocenters. The summed E-state index contributed by atoms with van der Waals surface area (Å²) >= 11 is 0. The quantitative estimate of drug-likeness (QED) is 0.663. The van der Waals surface area contributed by atoms with E-state index in [0.29, 0.717) is 30.9 Å². The van der Waals surface area contributed by atoms with Gasteiger partial charge in [-0.2, -0.15) is 14.0 Å². The Bertz CT molecular complexity index is 822. The number of nitriles is 1. The Hall–Kier alpha value is -3.34. The Morgan fingerprint density at radius 2 is 2.04 bits per heavy atom. The molecule has 0 aliphatic rings. The molecule has 0 fully saturated rings. The van der Waals surface area contributed by atoms with Crippen molar-refractivity contribution in [3.05, 3.63) is 48.0 Å². The fourth-order valence-corrected chi connectivity index (χ4v) is 2.27. The maximum absolute atomic E-state index is 12.7. The van der Waals surface area contributed by atoms with Gasteiger partial charge < -0.3 is 19.5 Å². The molecule has 0 heterocycles. The van der Waals surface area contributed by atoms with Crippen molar-refractivity contribution in [2.24, 2.45) is 0 Å². The average Bonchev–Trinajstić information content (AvgIpc) is 2.65. The molecule has 0 aromatic heterocycles. The molecule has 0 saturated heterocycles. The maximum atomic E-state index is 12.7. The van der Waals surface area contributed by atoms with Crippen molar-refractivity contribution >= 4 is 11.6 Å². The highest BCUT2D eigenvalue weighted by molar-refractivity contribution is 6.06. The van der Waals surface area contributed by atoms with E-state index < -0.39 is 12.5 Å². The summed E-state index contributed by atoms with van der Waals surface area (Å²) in [5.41, 5.74) is 0.332. The van der Waals surface area contributed by atoms with Gasteiger partial charge >= 0.3 is 6.61 Å². The molecular formula is C19H18F2N2O4. The zero-order valence-electron chi connectivity index (χ0n) is 14.6. The molecule has 142 valence electrons. The van der Waals surface area contributed by atoms with Gasteiger partial charge in [-0.15, -0.1) is 0 Å². The van der Waals surface area contributed by atoms with E-state index in [1.54, 1.807) is 24.3 Å². The first-order chi connectivity index (χ1) is 13.0. The second-order valence-corrected chi connectivity index (χ2v) is 5.31. The number of benzene rings is 2. The molecule has 0 atom stereocenters. The summed E-state index contributed by atoms with van der Waals surface area (Å²) in [5.74, 6) is -0.430. The number of rotatable bonds is 9. The van der Waals surface area contributed by atoms with Gasteiger partial charge in [0.2, 0.25) is 0 Å². The fourth-order valence-electron chi connectivity index (χ4n) is 2.27. The van der Waals surface area contributed by atoms with Gasteiger partial charge in [-0.1, -0.05) is 12.1 Å². The van der Waals surface area contributed by atoms with E-state index in [9.17, 15) is 13.6 Å². The van der Waals surface area contributed by atoms with E-state index in [0.717, 1.165) is 0 Å². The zero-order valence-corrected chi connectivity index (χ0v) is 14.6. The summed E-state index contributed by atoms with van der Waals surface area (Å²) in [6.07, 6.45) is 0.977. The van der Waals surface area contributed by atoms with Crippen molar-refractivity contribution in [1.29, 1.82) is 5.26 Å². The van der Waals surface area contributed by atoms with Crippen LogP contribution in [0, 0.1) is 11.3 Å². The molecule has 0 saturated carbocycles. The second-order valence-electron chi connectivity index (χ2n) is 5.31. The number of amides is 1. The topological polar surface area (TPSA) is 80.6 Å². The van der Waals surface area contributed by atoms with Crippen molar-refractivity contribution in [1.82, 2.24) is 0 Å². The summed E-state index contributed by atoms with van der Waals surface area (Å²) in [5, 5.41) is 11.1. The molecule has 2 aromatic rings. The SMILES string of the molecule is COc1cccc(C(=O)Nc2cccc(OCCCC#N)c2)c1OC(F)F. The molecule has 0 radical (unpaired) electrons. The van der Waals surface area contributed by atoms with Gasteiger partial charge in [0.05, 0.1) is 25.3 Å². The number of halogens is 2.